The Kier molecular flexibility index (Phi) is 6.16. The molecule has 2 aliphatic rings. The second kappa shape index (κ2) is 8.82. The first-order valence-electron chi connectivity index (χ1n) is 10.6. The summed E-state index contributed by atoms with van der Waals surface area (Å²) < 4.78 is 0. The molecule has 1 aliphatic carbocycles. The van der Waals surface area contributed by atoms with Crippen molar-refractivity contribution in [3.8, 4) is 0 Å². The monoisotopic (exact) mass is 423 g/mol. The van der Waals surface area contributed by atoms with Crippen LogP contribution in [0.3, 0.4) is 0 Å². The van der Waals surface area contributed by atoms with Crippen LogP contribution < -0.4 is 16.0 Å². The SMILES string of the molecule is CCC1(C)Cc2ccccc2C2NC(SCC(=O)NCc3ccccc3)NC(=O)C21. The summed E-state index contributed by atoms with van der Waals surface area (Å²) in [4.78, 5) is 25.4. The van der Waals surface area contributed by atoms with Crippen LogP contribution in [0.25, 0.3) is 0 Å². The predicted octanol–water partition coefficient (Wildman–Crippen LogP) is 3.37. The maximum Gasteiger partial charge on any atom is 0.230 e. The lowest BCUT2D eigenvalue weighted by atomic mass is 9.61. The first-order chi connectivity index (χ1) is 14.5. The van der Waals surface area contributed by atoms with Crippen LogP contribution in [0.1, 0.15) is 43.0 Å². The van der Waals surface area contributed by atoms with Crippen molar-refractivity contribution in [1.82, 2.24) is 16.0 Å². The van der Waals surface area contributed by atoms with Gasteiger partial charge in [-0.05, 0) is 34.9 Å². The number of fused-ring (bicyclic) bond motifs is 3. The van der Waals surface area contributed by atoms with Gasteiger partial charge in [0.15, 0.2) is 0 Å². The number of nitrogens with one attached hydrogen (secondary N) is 3. The topological polar surface area (TPSA) is 70.2 Å². The number of benzene rings is 2. The average Bonchev–Trinajstić information content (AvgIpc) is 2.76. The molecular formula is C24H29N3O2S. The third-order valence-corrected chi connectivity index (χ3v) is 7.49. The molecule has 1 fully saturated rings. The number of rotatable bonds is 6. The van der Waals surface area contributed by atoms with Gasteiger partial charge in [0, 0.05) is 12.6 Å². The van der Waals surface area contributed by atoms with E-state index in [4.69, 9.17) is 0 Å². The van der Waals surface area contributed by atoms with E-state index in [1.807, 2.05) is 36.4 Å². The number of thioether (sulfide) groups is 1. The molecule has 1 aliphatic heterocycles. The smallest absolute Gasteiger partial charge is 0.230 e. The summed E-state index contributed by atoms with van der Waals surface area (Å²) in [6, 6.07) is 18.2. The molecule has 0 spiro atoms. The Morgan fingerprint density at radius 3 is 2.67 bits per heavy atom. The van der Waals surface area contributed by atoms with Gasteiger partial charge in [-0.1, -0.05) is 68.4 Å². The van der Waals surface area contributed by atoms with Gasteiger partial charge in [-0.2, -0.15) is 0 Å². The maximum absolute atomic E-state index is 13.1. The zero-order chi connectivity index (χ0) is 21.1. The highest BCUT2D eigenvalue weighted by Gasteiger charge is 2.50. The number of hydrogen-bond donors (Lipinski definition) is 3. The van der Waals surface area contributed by atoms with E-state index in [9.17, 15) is 9.59 Å². The Bertz CT molecular complexity index is 920. The van der Waals surface area contributed by atoms with Crippen molar-refractivity contribution in [2.24, 2.45) is 11.3 Å². The number of amides is 2. The van der Waals surface area contributed by atoms with Gasteiger partial charge in [0.1, 0.15) is 5.50 Å². The van der Waals surface area contributed by atoms with E-state index < -0.39 is 0 Å². The van der Waals surface area contributed by atoms with Gasteiger partial charge in [0.25, 0.3) is 0 Å². The molecule has 30 heavy (non-hydrogen) atoms. The highest BCUT2D eigenvalue weighted by atomic mass is 32.2. The minimum atomic E-state index is -0.284. The quantitative estimate of drug-likeness (QED) is 0.666. The summed E-state index contributed by atoms with van der Waals surface area (Å²) >= 11 is 1.43. The van der Waals surface area contributed by atoms with E-state index in [0.717, 1.165) is 18.4 Å². The largest absolute Gasteiger partial charge is 0.351 e. The van der Waals surface area contributed by atoms with Crippen LogP contribution >= 0.6 is 11.8 Å². The van der Waals surface area contributed by atoms with Crippen molar-refractivity contribution < 1.29 is 9.59 Å². The zero-order valence-corrected chi connectivity index (χ0v) is 18.3. The maximum atomic E-state index is 13.1. The highest BCUT2D eigenvalue weighted by Crippen LogP contribution is 2.49. The third kappa shape index (κ3) is 4.25. The van der Waals surface area contributed by atoms with Crippen molar-refractivity contribution in [2.45, 2.75) is 44.8 Å². The van der Waals surface area contributed by atoms with Gasteiger partial charge in [0.05, 0.1) is 11.7 Å². The highest BCUT2D eigenvalue weighted by molar-refractivity contribution is 8.00. The van der Waals surface area contributed by atoms with E-state index in [1.54, 1.807) is 0 Å². The third-order valence-electron chi connectivity index (χ3n) is 6.48. The molecule has 0 saturated carbocycles. The molecule has 1 saturated heterocycles. The molecule has 2 aromatic rings. The Balaban J connectivity index is 1.41. The Morgan fingerprint density at radius 2 is 1.90 bits per heavy atom. The molecule has 0 bridgehead atoms. The number of carbonyl (C=O) groups is 2. The normalized spacial score (nSPS) is 27.5. The first-order valence-corrected chi connectivity index (χ1v) is 11.6. The summed E-state index contributed by atoms with van der Waals surface area (Å²) in [6.07, 6.45) is 1.85. The Hall–Kier alpha value is -2.31. The average molecular weight is 424 g/mol. The fourth-order valence-corrected chi connectivity index (χ4v) is 5.51. The Morgan fingerprint density at radius 1 is 1.17 bits per heavy atom. The van der Waals surface area contributed by atoms with Crippen molar-refractivity contribution in [3.05, 3.63) is 71.3 Å². The lowest BCUT2D eigenvalue weighted by Crippen LogP contribution is -2.61. The van der Waals surface area contributed by atoms with Gasteiger partial charge in [-0.25, -0.2) is 0 Å². The molecule has 5 nitrogen and oxygen atoms in total. The molecule has 1 heterocycles. The summed E-state index contributed by atoms with van der Waals surface area (Å²) in [5.74, 6) is 0.222. The van der Waals surface area contributed by atoms with Gasteiger partial charge < -0.3 is 10.6 Å². The van der Waals surface area contributed by atoms with E-state index in [0.29, 0.717) is 6.54 Å². The molecule has 4 atom stereocenters. The fourth-order valence-electron chi connectivity index (χ4n) is 4.64. The molecule has 2 aromatic carbocycles. The molecule has 6 heteroatoms. The van der Waals surface area contributed by atoms with Gasteiger partial charge in [-0.3, -0.25) is 14.9 Å². The zero-order valence-electron chi connectivity index (χ0n) is 17.5. The van der Waals surface area contributed by atoms with Crippen LogP contribution in [-0.2, 0) is 22.6 Å². The Labute approximate surface area is 182 Å². The summed E-state index contributed by atoms with van der Waals surface area (Å²) in [6.45, 7) is 4.89. The number of hydrogen-bond acceptors (Lipinski definition) is 4. The molecule has 158 valence electrons. The predicted molar refractivity (Wildman–Crippen MR) is 121 cm³/mol. The van der Waals surface area contributed by atoms with E-state index in [2.05, 4.69) is 48.0 Å². The summed E-state index contributed by atoms with van der Waals surface area (Å²) in [5, 5.41) is 9.65. The molecule has 2 amide bonds. The van der Waals surface area contributed by atoms with E-state index >= 15 is 0 Å². The van der Waals surface area contributed by atoms with Crippen molar-refractivity contribution in [1.29, 1.82) is 0 Å². The first kappa shape index (κ1) is 20.9. The van der Waals surface area contributed by atoms with Crippen LogP contribution in [-0.4, -0.2) is 23.1 Å². The van der Waals surface area contributed by atoms with Crippen LogP contribution in [0, 0.1) is 11.3 Å². The van der Waals surface area contributed by atoms with E-state index in [-0.39, 0.29) is 40.4 Å². The molecule has 4 unspecified atom stereocenters. The van der Waals surface area contributed by atoms with Crippen LogP contribution in [0.5, 0.6) is 0 Å². The minimum absolute atomic E-state index is 0.0291. The van der Waals surface area contributed by atoms with Crippen LogP contribution in [0.15, 0.2) is 54.6 Å². The summed E-state index contributed by atoms with van der Waals surface area (Å²) in [5.41, 5.74) is 3.23. The molecule has 4 rings (SSSR count). The van der Waals surface area contributed by atoms with Gasteiger partial charge >= 0.3 is 0 Å². The molecule has 0 aromatic heterocycles. The van der Waals surface area contributed by atoms with Crippen LogP contribution in [0.2, 0.25) is 0 Å². The number of carbonyl (C=O) groups excluding carboxylic acids is 2. The lowest BCUT2D eigenvalue weighted by molar-refractivity contribution is -0.134. The second-order valence-electron chi connectivity index (χ2n) is 8.47. The second-order valence-corrected chi connectivity index (χ2v) is 9.56. The van der Waals surface area contributed by atoms with Crippen LogP contribution in [0.4, 0.5) is 0 Å². The molecule has 3 N–H and O–H groups in total. The van der Waals surface area contributed by atoms with Gasteiger partial charge in [0.2, 0.25) is 11.8 Å². The van der Waals surface area contributed by atoms with E-state index in [1.165, 1.54) is 22.9 Å². The summed E-state index contributed by atoms with van der Waals surface area (Å²) in [7, 11) is 0. The lowest BCUT2D eigenvalue weighted by Gasteiger charge is -2.50. The van der Waals surface area contributed by atoms with Crippen molar-refractivity contribution in [2.75, 3.05) is 5.75 Å². The van der Waals surface area contributed by atoms with Crippen molar-refractivity contribution >= 4 is 23.6 Å². The van der Waals surface area contributed by atoms with Gasteiger partial charge in [-0.15, -0.1) is 11.8 Å². The fraction of sp³-hybridized carbons (Fsp3) is 0.417. The standard InChI is InChI=1S/C24H29N3O2S/c1-3-24(2)13-17-11-7-8-12-18(17)21-20(24)22(29)27-23(26-21)30-15-19(28)25-14-16-9-5-4-6-10-16/h4-12,20-21,23,26H,3,13-15H2,1-2H3,(H,25,28)(H,27,29). The molecular weight excluding hydrogens is 394 g/mol. The molecule has 0 radical (unpaired) electrons. The van der Waals surface area contributed by atoms with Crippen molar-refractivity contribution in [3.63, 3.8) is 0 Å². The minimum Gasteiger partial charge on any atom is -0.351 e.